The average Bonchev–Trinajstić information content (AvgIpc) is 2.62. The molecule has 5 heteroatoms. The third kappa shape index (κ3) is 5.28. The van der Waals surface area contributed by atoms with Crippen molar-refractivity contribution in [1.82, 2.24) is 14.9 Å². The molecule has 1 amide bonds. The number of aryl methyl sites for hydroxylation is 2. The van der Waals surface area contributed by atoms with Gasteiger partial charge in [0.1, 0.15) is 11.9 Å². The fraction of sp³-hybridized carbons (Fsp3) is 0.500. The van der Waals surface area contributed by atoms with Crippen LogP contribution in [0.2, 0.25) is 0 Å². The van der Waals surface area contributed by atoms with Gasteiger partial charge in [0.25, 0.3) is 0 Å². The van der Waals surface area contributed by atoms with Crippen LogP contribution >= 0.6 is 0 Å². The van der Waals surface area contributed by atoms with Gasteiger partial charge in [-0.25, -0.2) is 4.98 Å². The first kappa shape index (κ1) is 19.3. The second-order valence-electron chi connectivity index (χ2n) is 7.67. The van der Waals surface area contributed by atoms with E-state index in [0.717, 1.165) is 43.0 Å². The Kier molecular flexibility index (Phi) is 6.09. The molecular formula is C22H29N3O2. The third-order valence-corrected chi connectivity index (χ3v) is 5.03. The molecule has 2 heterocycles. The van der Waals surface area contributed by atoms with Crippen molar-refractivity contribution in [2.45, 2.75) is 59.0 Å². The number of carbonyl (C=O) groups excluding carboxylic acids is 1. The van der Waals surface area contributed by atoms with Gasteiger partial charge in [0, 0.05) is 37.7 Å². The minimum atomic E-state index is 0.105. The van der Waals surface area contributed by atoms with Crippen LogP contribution in [0.5, 0.6) is 5.88 Å². The van der Waals surface area contributed by atoms with Crippen molar-refractivity contribution in [3.63, 3.8) is 0 Å². The Bertz CT molecular complexity index is 758. The highest BCUT2D eigenvalue weighted by molar-refractivity contribution is 5.78. The highest BCUT2D eigenvalue weighted by Crippen LogP contribution is 2.20. The molecule has 144 valence electrons. The van der Waals surface area contributed by atoms with Gasteiger partial charge in [0.15, 0.2) is 0 Å². The molecule has 1 aromatic heterocycles. The minimum absolute atomic E-state index is 0.105. The van der Waals surface area contributed by atoms with Crippen LogP contribution in [0, 0.1) is 13.8 Å². The van der Waals surface area contributed by atoms with Gasteiger partial charge in [-0.05, 0) is 30.9 Å². The normalized spacial score (nSPS) is 15.2. The lowest BCUT2D eigenvalue weighted by atomic mass is 10.0. The number of rotatable bonds is 5. The highest BCUT2D eigenvalue weighted by Gasteiger charge is 2.24. The molecule has 1 saturated heterocycles. The molecule has 3 rings (SSSR count). The molecule has 0 spiro atoms. The largest absolute Gasteiger partial charge is 0.474 e. The lowest BCUT2D eigenvalue weighted by molar-refractivity contribution is -0.132. The number of likely N-dealkylation sites (tertiary alicyclic amines) is 1. The smallest absolute Gasteiger partial charge is 0.226 e. The van der Waals surface area contributed by atoms with Crippen molar-refractivity contribution in [3.05, 3.63) is 53.0 Å². The Hall–Kier alpha value is -2.43. The maximum atomic E-state index is 12.6. The van der Waals surface area contributed by atoms with Gasteiger partial charge < -0.3 is 9.64 Å². The van der Waals surface area contributed by atoms with Gasteiger partial charge in [0.05, 0.1) is 6.42 Å². The first-order valence-electron chi connectivity index (χ1n) is 9.76. The average molecular weight is 367 g/mol. The van der Waals surface area contributed by atoms with Crippen LogP contribution < -0.4 is 4.74 Å². The Labute approximate surface area is 161 Å². The lowest BCUT2D eigenvalue weighted by Crippen LogP contribution is -2.42. The van der Waals surface area contributed by atoms with E-state index in [1.807, 2.05) is 24.8 Å². The molecule has 1 aliphatic heterocycles. The number of hydrogen-bond donors (Lipinski definition) is 0. The molecule has 0 aliphatic carbocycles. The van der Waals surface area contributed by atoms with Gasteiger partial charge in [-0.3, -0.25) is 4.79 Å². The first-order valence-corrected chi connectivity index (χ1v) is 9.76. The number of aromatic nitrogens is 2. The minimum Gasteiger partial charge on any atom is -0.474 e. The number of ether oxygens (including phenoxy) is 1. The van der Waals surface area contributed by atoms with Crippen molar-refractivity contribution in [2.75, 3.05) is 13.1 Å². The number of hydrogen-bond acceptors (Lipinski definition) is 4. The van der Waals surface area contributed by atoms with Crippen LogP contribution in [-0.2, 0) is 11.2 Å². The quantitative estimate of drug-likeness (QED) is 0.806. The van der Waals surface area contributed by atoms with E-state index in [4.69, 9.17) is 4.74 Å². The predicted molar refractivity (Wildman–Crippen MR) is 106 cm³/mol. The summed E-state index contributed by atoms with van der Waals surface area (Å²) < 4.78 is 6.01. The number of amides is 1. The van der Waals surface area contributed by atoms with Crippen LogP contribution in [0.3, 0.4) is 0 Å². The summed E-state index contributed by atoms with van der Waals surface area (Å²) in [6.07, 6.45) is 2.24. The molecule has 1 aliphatic rings. The summed E-state index contributed by atoms with van der Waals surface area (Å²) >= 11 is 0. The zero-order valence-electron chi connectivity index (χ0n) is 16.7. The van der Waals surface area contributed by atoms with Gasteiger partial charge in [-0.2, -0.15) is 4.98 Å². The summed E-state index contributed by atoms with van der Waals surface area (Å²) in [7, 11) is 0. The van der Waals surface area contributed by atoms with Crippen LogP contribution in [0.15, 0.2) is 30.3 Å². The number of piperidine rings is 1. The molecular weight excluding hydrogens is 338 g/mol. The number of nitrogens with zero attached hydrogens (tertiary/aromatic N) is 3. The second-order valence-corrected chi connectivity index (χ2v) is 7.67. The van der Waals surface area contributed by atoms with Crippen molar-refractivity contribution < 1.29 is 9.53 Å². The molecule has 5 nitrogen and oxygen atoms in total. The van der Waals surface area contributed by atoms with Crippen LogP contribution in [0.1, 0.15) is 55.3 Å². The molecule has 27 heavy (non-hydrogen) atoms. The van der Waals surface area contributed by atoms with Crippen LogP contribution in [0.25, 0.3) is 0 Å². The molecule has 0 saturated carbocycles. The summed E-state index contributed by atoms with van der Waals surface area (Å²) in [5, 5.41) is 0. The van der Waals surface area contributed by atoms with Gasteiger partial charge >= 0.3 is 0 Å². The van der Waals surface area contributed by atoms with Crippen molar-refractivity contribution in [3.8, 4) is 5.88 Å². The molecule has 0 N–H and O–H groups in total. The monoisotopic (exact) mass is 367 g/mol. The van der Waals surface area contributed by atoms with Gasteiger partial charge in [0.2, 0.25) is 11.8 Å². The number of benzene rings is 1. The molecule has 0 bridgehead atoms. The van der Waals surface area contributed by atoms with Gasteiger partial charge in [-0.1, -0.05) is 38.1 Å². The second kappa shape index (κ2) is 8.51. The zero-order valence-corrected chi connectivity index (χ0v) is 16.7. The zero-order chi connectivity index (χ0) is 19.4. The van der Waals surface area contributed by atoms with E-state index in [1.165, 1.54) is 5.56 Å². The molecule has 2 aromatic rings. The van der Waals surface area contributed by atoms with E-state index in [0.29, 0.717) is 18.2 Å². The summed E-state index contributed by atoms with van der Waals surface area (Å²) in [5.41, 5.74) is 3.29. The molecule has 1 fully saturated rings. The van der Waals surface area contributed by atoms with E-state index >= 15 is 0 Å². The fourth-order valence-corrected chi connectivity index (χ4v) is 3.44. The van der Waals surface area contributed by atoms with Crippen molar-refractivity contribution >= 4 is 5.91 Å². The Morgan fingerprint density at radius 3 is 2.41 bits per heavy atom. The van der Waals surface area contributed by atoms with E-state index in [1.54, 1.807) is 0 Å². The van der Waals surface area contributed by atoms with Crippen molar-refractivity contribution in [2.24, 2.45) is 0 Å². The van der Waals surface area contributed by atoms with E-state index in [-0.39, 0.29) is 12.0 Å². The summed E-state index contributed by atoms with van der Waals surface area (Å²) in [6.45, 7) is 9.63. The summed E-state index contributed by atoms with van der Waals surface area (Å²) in [6, 6.07) is 10.3. The summed E-state index contributed by atoms with van der Waals surface area (Å²) in [4.78, 5) is 23.2. The van der Waals surface area contributed by atoms with Gasteiger partial charge in [-0.15, -0.1) is 0 Å². The molecule has 0 unspecified atom stereocenters. The maximum Gasteiger partial charge on any atom is 0.226 e. The molecule has 0 atom stereocenters. The molecule has 0 radical (unpaired) electrons. The van der Waals surface area contributed by atoms with E-state index in [9.17, 15) is 4.79 Å². The number of carbonyl (C=O) groups is 1. The Morgan fingerprint density at radius 1 is 1.15 bits per heavy atom. The standard InChI is InChI=1S/C22H29N3O2/c1-15(2)19-7-5-18(6-8-19)14-22(26)25-11-9-20(10-12-25)27-21-13-16(3)23-17(4)24-21/h5-8,13,15,20H,9-12,14H2,1-4H3. The third-order valence-electron chi connectivity index (χ3n) is 5.03. The topological polar surface area (TPSA) is 55.3 Å². The molecule has 1 aromatic carbocycles. The van der Waals surface area contributed by atoms with Crippen LogP contribution in [0.4, 0.5) is 0 Å². The van der Waals surface area contributed by atoms with E-state index in [2.05, 4.69) is 48.1 Å². The maximum absolute atomic E-state index is 12.6. The first-order chi connectivity index (χ1) is 12.9. The lowest BCUT2D eigenvalue weighted by Gasteiger charge is -2.32. The fourth-order valence-electron chi connectivity index (χ4n) is 3.44. The van der Waals surface area contributed by atoms with Crippen molar-refractivity contribution in [1.29, 1.82) is 0 Å². The van der Waals surface area contributed by atoms with Crippen LogP contribution in [-0.4, -0.2) is 40.0 Å². The summed E-state index contributed by atoms with van der Waals surface area (Å²) in [5.74, 6) is 2.06. The SMILES string of the molecule is Cc1cc(OC2CCN(C(=O)Cc3ccc(C(C)C)cc3)CC2)nc(C)n1. The predicted octanol–water partition coefficient (Wildman–Crippen LogP) is 3.83. The highest BCUT2D eigenvalue weighted by atomic mass is 16.5. The van der Waals surface area contributed by atoms with E-state index < -0.39 is 0 Å². The Morgan fingerprint density at radius 2 is 1.81 bits per heavy atom. The Balaban J connectivity index is 1.50.